The maximum atomic E-state index is 11.4. The third-order valence-electron chi connectivity index (χ3n) is 2.79. The molecule has 0 aliphatic heterocycles. The highest BCUT2D eigenvalue weighted by Crippen LogP contribution is 2.22. The number of nitrogens with zero attached hydrogens (tertiary/aromatic N) is 4. The summed E-state index contributed by atoms with van der Waals surface area (Å²) in [7, 11) is 0. The lowest BCUT2D eigenvalue weighted by Crippen LogP contribution is -1.96. The highest BCUT2D eigenvalue weighted by molar-refractivity contribution is 5.94. The number of hydrogen-bond donors (Lipinski definition) is 1. The Hall–Kier alpha value is -3.02. The lowest BCUT2D eigenvalue weighted by Gasteiger charge is -1.99. The Kier molecular flexibility index (Phi) is 2.96. The van der Waals surface area contributed by atoms with Gasteiger partial charge in [-0.1, -0.05) is 0 Å². The lowest BCUT2D eigenvalue weighted by molar-refractivity contribution is 0.0697. The van der Waals surface area contributed by atoms with Crippen molar-refractivity contribution in [3.8, 4) is 16.9 Å². The molecule has 3 aromatic heterocycles. The minimum atomic E-state index is -1.03. The van der Waals surface area contributed by atoms with Crippen LogP contribution < -0.4 is 0 Å². The summed E-state index contributed by atoms with van der Waals surface area (Å²) >= 11 is 0. The van der Waals surface area contributed by atoms with E-state index in [9.17, 15) is 9.90 Å². The van der Waals surface area contributed by atoms with Crippen LogP contribution in [0.4, 0.5) is 0 Å². The van der Waals surface area contributed by atoms with Crippen LogP contribution in [-0.4, -0.2) is 30.8 Å². The molecule has 0 aromatic carbocycles. The minimum Gasteiger partial charge on any atom is -0.478 e. The number of carboxylic acids is 1. The van der Waals surface area contributed by atoms with Crippen molar-refractivity contribution >= 4 is 5.97 Å². The molecule has 6 nitrogen and oxygen atoms in total. The van der Waals surface area contributed by atoms with Crippen LogP contribution >= 0.6 is 0 Å². The van der Waals surface area contributed by atoms with Gasteiger partial charge < -0.3 is 5.11 Å². The molecule has 98 valence electrons. The van der Waals surface area contributed by atoms with Gasteiger partial charge in [0.2, 0.25) is 0 Å². The van der Waals surface area contributed by atoms with Gasteiger partial charge in [0.05, 0.1) is 11.9 Å². The normalized spacial score (nSPS) is 10.4. The molecule has 0 amide bonds. The summed E-state index contributed by atoms with van der Waals surface area (Å²) in [6.07, 6.45) is 7.95. The summed E-state index contributed by atoms with van der Waals surface area (Å²) in [5, 5.41) is 13.6. The second kappa shape index (κ2) is 4.93. The topological polar surface area (TPSA) is 80.9 Å². The molecule has 0 radical (unpaired) electrons. The standard InChI is InChI=1S/C14H10N4O2/c19-14(20)12-9-18(11-4-2-6-16-8-11)17-13(12)10-3-1-5-15-7-10/h1-9H,(H,19,20). The van der Waals surface area contributed by atoms with Crippen LogP contribution in [0.25, 0.3) is 16.9 Å². The van der Waals surface area contributed by atoms with Crippen LogP contribution in [0.2, 0.25) is 0 Å². The number of rotatable bonds is 3. The molecule has 3 rings (SSSR count). The van der Waals surface area contributed by atoms with E-state index in [1.165, 1.54) is 10.9 Å². The molecule has 0 fully saturated rings. The van der Waals surface area contributed by atoms with Gasteiger partial charge in [-0.3, -0.25) is 9.97 Å². The van der Waals surface area contributed by atoms with Crippen molar-refractivity contribution < 1.29 is 9.90 Å². The van der Waals surface area contributed by atoms with E-state index >= 15 is 0 Å². The molecular weight excluding hydrogens is 256 g/mol. The summed E-state index contributed by atoms with van der Waals surface area (Å²) in [6, 6.07) is 7.08. The maximum absolute atomic E-state index is 11.4. The van der Waals surface area contributed by atoms with Gasteiger partial charge in [0, 0.05) is 30.4 Å². The molecule has 20 heavy (non-hydrogen) atoms. The van der Waals surface area contributed by atoms with Crippen molar-refractivity contribution in [2.75, 3.05) is 0 Å². The van der Waals surface area contributed by atoms with Crippen LogP contribution in [0.1, 0.15) is 10.4 Å². The molecule has 0 unspecified atom stereocenters. The van der Waals surface area contributed by atoms with E-state index < -0.39 is 5.97 Å². The first-order valence-corrected chi connectivity index (χ1v) is 5.89. The first kappa shape index (κ1) is 12.0. The third kappa shape index (κ3) is 2.14. The molecule has 0 atom stereocenters. The SMILES string of the molecule is O=C(O)c1cn(-c2cccnc2)nc1-c1cccnc1. The molecule has 0 aliphatic carbocycles. The number of aromatic nitrogens is 4. The van der Waals surface area contributed by atoms with Gasteiger partial charge in [-0.25, -0.2) is 9.48 Å². The van der Waals surface area contributed by atoms with Crippen LogP contribution in [0, 0.1) is 0 Å². The molecule has 0 saturated carbocycles. The van der Waals surface area contributed by atoms with Crippen molar-refractivity contribution in [3.63, 3.8) is 0 Å². The van der Waals surface area contributed by atoms with Crippen LogP contribution in [0.5, 0.6) is 0 Å². The summed E-state index contributed by atoms with van der Waals surface area (Å²) in [5.74, 6) is -1.03. The van der Waals surface area contributed by atoms with E-state index in [0.29, 0.717) is 16.9 Å². The third-order valence-corrected chi connectivity index (χ3v) is 2.79. The first-order chi connectivity index (χ1) is 9.75. The monoisotopic (exact) mass is 266 g/mol. The largest absolute Gasteiger partial charge is 0.478 e. The van der Waals surface area contributed by atoms with E-state index in [4.69, 9.17) is 0 Å². The van der Waals surface area contributed by atoms with Crippen molar-refractivity contribution in [2.45, 2.75) is 0 Å². The molecule has 1 N–H and O–H groups in total. The summed E-state index contributed by atoms with van der Waals surface area (Å²) in [5.41, 5.74) is 1.87. The molecule has 0 spiro atoms. The number of hydrogen-bond acceptors (Lipinski definition) is 4. The second-order valence-corrected chi connectivity index (χ2v) is 4.09. The summed E-state index contributed by atoms with van der Waals surface area (Å²) in [4.78, 5) is 19.3. The van der Waals surface area contributed by atoms with E-state index in [1.807, 2.05) is 0 Å². The van der Waals surface area contributed by atoms with Gasteiger partial charge in [0.25, 0.3) is 0 Å². The Morgan fingerprint density at radius 1 is 1.10 bits per heavy atom. The van der Waals surface area contributed by atoms with Crippen molar-refractivity contribution in [1.29, 1.82) is 0 Å². The Bertz CT molecular complexity index is 738. The van der Waals surface area contributed by atoms with E-state index in [0.717, 1.165) is 0 Å². The molecule has 0 bridgehead atoms. The average molecular weight is 266 g/mol. The Balaban J connectivity index is 2.15. The molecule has 3 heterocycles. The first-order valence-electron chi connectivity index (χ1n) is 5.89. The van der Waals surface area contributed by atoms with Crippen molar-refractivity contribution in [3.05, 3.63) is 60.8 Å². The molecule has 0 saturated heterocycles. The van der Waals surface area contributed by atoms with Gasteiger partial charge >= 0.3 is 5.97 Å². The van der Waals surface area contributed by atoms with Crippen molar-refractivity contribution in [1.82, 2.24) is 19.7 Å². The predicted molar refractivity (Wildman–Crippen MR) is 71.5 cm³/mol. The quantitative estimate of drug-likeness (QED) is 0.784. The zero-order valence-corrected chi connectivity index (χ0v) is 10.3. The highest BCUT2D eigenvalue weighted by Gasteiger charge is 2.17. The maximum Gasteiger partial charge on any atom is 0.339 e. The van der Waals surface area contributed by atoms with E-state index in [1.54, 1.807) is 49.1 Å². The Morgan fingerprint density at radius 3 is 2.45 bits per heavy atom. The fourth-order valence-corrected chi connectivity index (χ4v) is 1.87. The van der Waals surface area contributed by atoms with Gasteiger partial charge in [-0.2, -0.15) is 5.10 Å². The molecular formula is C14H10N4O2. The number of carbonyl (C=O) groups is 1. The molecule has 3 aromatic rings. The summed E-state index contributed by atoms with van der Waals surface area (Å²) < 4.78 is 1.50. The van der Waals surface area contributed by atoms with Crippen molar-refractivity contribution in [2.24, 2.45) is 0 Å². The van der Waals surface area contributed by atoms with Crippen LogP contribution in [0.3, 0.4) is 0 Å². The molecule has 0 aliphatic rings. The second-order valence-electron chi connectivity index (χ2n) is 4.09. The summed E-state index contributed by atoms with van der Waals surface area (Å²) in [6.45, 7) is 0. The van der Waals surface area contributed by atoms with Gasteiger partial charge in [-0.15, -0.1) is 0 Å². The Morgan fingerprint density at radius 2 is 1.85 bits per heavy atom. The minimum absolute atomic E-state index is 0.127. The molecule has 6 heteroatoms. The number of aromatic carboxylic acids is 1. The predicted octanol–water partition coefficient (Wildman–Crippen LogP) is 2.03. The Labute approximate surface area is 114 Å². The van der Waals surface area contributed by atoms with Crippen LogP contribution in [0.15, 0.2) is 55.2 Å². The van der Waals surface area contributed by atoms with Gasteiger partial charge in [0.1, 0.15) is 11.3 Å². The lowest BCUT2D eigenvalue weighted by atomic mass is 10.1. The highest BCUT2D eigenvalue weighted by atomic mass is 16.4. The zero-order valence-electron chi connectivity index (χ0n) is 10.3. The van der Waals surface area contributed by atoms with E-state index in [-0.39, 0.29) is 5.56 Å². The fourth-order valence-electron chi connectivity index (χ4n) is 1.87. The van der Waals surface area contributed by atoms with E-state index in [2.05, 4.69) is 15.1 Å². The number of carboxylic acid groups (broad SMARTS) is 1. The van der Waals surface area contributed by atoms with Gasteiger partial charge in [0.15, 0.2) is 0 Å². The smallest absolute Gasteiger partial charge is 0.339 e. The van der Waals surface area contributed by atoms with Crippen LogP contribution in [-0.2, 0) is 0 Å². The zero-order chi connectivity index (χ0) is 13.9. The van der Waals surface area contributed by atoms with Gasteiger partial charge in [-0.05, 0) is 24.3 Å². The number of pyridine rings is 2. The average Bonchev–Trinajstić information content (AvgIpc) is 2.94. The fraction of sp³-hybridized carbons (Fsp3) is 0.